The molecule has 9 aromatic carbocycles. The van der Waals surface area contributed by atoms with Crippen molar-refractivity contribution in [2.45, 2.75) is 0 Å². The largest absolute Gasteiger partial charge is 0.309 e. The average molecular weight is 751 g/mol. The van der Waals surface area contributed by atoms with Gasteiger partial charge in [0, 0.05) is 65.7 Å². The zero-order valence-electron chi connectivity index (χ0n) is 31.9. The maximum atomic E-state index is 5.57. The van der Waals surface area contributed by atoms with E-state index < -0.39 is 0 Å². The van der Waals surface area contributed by atoms with Crippen LogP contribution in [0, 0.1) is 0 Å². The van der Waals surface area contributed by atoms with Crippen LogP contribution in [0.25, 0.3) is 115 Å². The van der Waals surface area contributed by atoms with Crippen LogP contribution in [0.15, 0.2) is 206 Å². The van der Waals surface area contributed by atoms with E-state index in [0.717, 1.165) is 50.1 Å². The van der Waals surface area contributed by atoms with Gasteiger partial charge in [-0.15, -0.1) is 0 Å². The van der Waals surface area contributed by atoms with Gasteiger partial charge in [-0.25, -0.2) is 4.98 Å². The number of fused-ring (bicyclic) bond motifs is 14. The summed E-state index contributed by atoms with van der Waals surface area (Å²) in [6, 6.07) is 74.7. The number of benzene rings is 9. The summed E-state index contributed by atoms with van der Waals surface area (Å²) in [5.41, 5.74) is 13.5. The second-order valence-corrected chi connectivity index (χ2v) is 15.5. The number of pyridine rings is 1. The number of nitrogens with zero attached hydrogens (tertiary/aromatic N) is 4. The van der Waals surface area contributed by atoms with Crippen molar-refractivity contribution >= 4 is 87.1 Å². The third-order valence-electron chi connectivity index (χ3n) is 12.4. The molecule has 0 amide bonds. The molecule has 0 saturated heterocycles. The van der Waals surface area contributed by atoms with Gasteiger partial charge in [0.1, 0.15) is 0 Å². The van der Waals surface area contributed by atoms with Crippen LogP contribution in [-0.2, 0) is 0 Å². The van der Waals surface area contributed by atoms with E-state index in [1.54, 1.807) is 0 Å². The van der Waals surface area contributed by atoms with Crippen LogP contribution < -0.4 is 0 Å². The molecule has 0 radical (unpaired) electrons. The highest BCUT2D eigenvalue weighted by Gasteiger charge is 2.23. The van der Waals surface area contributed by atoms with Crippen LogP contribution in [0.3, 0.4) is 0 Å². The van der Waals surface area contributed by atoms with E-state index >= 15 is 0 Å². The quantitative estimate of drug-likeness (QED) is 0.165. The molecule has 13 aromatic rings. The Kier molecular flexibility index (Phi) is 6.69. The van der Waals surface area contributed by atoms with Crippen molar-refractivity contribution in [2.24, 2.45) is 0 Å². The van der Waals surface area contributed by atoms with Crippen LogP contribution in [0.4, 0.5) is 0 Å². The Morgan fingerprint density at radius 3 is 1.44 bits per heavy atom. The second kappa shape index (κ2) is 12.3. The van der Waals surface area contributed by atoms with Crippen molar-refractivity contribution < 1.29 is 0 Å². The van der Waals surface area contributed by atoms with Crippen molar-refractivity contribution in [3.63, 3.8) is 0 Å². The maximum absolute atomic E-state index is 5.57. The van der Waals surface area contributed by atoms with Gasteiger partial charge in [0.15, 0.2) is 0 Å². The molecule has 4 heteroatoms. The van der Waals surface area contributed by atoms with Gasteiger partial charge in [0.05, 0.1) is 44.3 Å². The van der Waals surface area contributed by atoms with Gasteiger partial charge < -0.3 is 13.7 Å². The van der Waals surface area contributed by atoms with Crippen LogP contribution in [0.5, 0.6) is 0 Å². The first kappa shape index (κ1) is 32.2. The zero-order valence-corrected chi connectivity index (χ0v) is 31.9. The van der Waals surface area contributed by atoms with Gasteiger partial charge in [-0.2, -0.15) is 0 Å². The SMILES string of the molecule is c1ccc(-n2c3ccccc3c3c4c(-c5cccc(-n6c7ccccc7c7ccc8c9ccccc9n(-c9ccccc9)c8c76)c5)nc5ccccc5c4ccc32)cc1. The Labute approximate surface area is 339 Å². The molecular formula is C55H34N4. The predicted octanol–water partition coefficient (Wildman–Crippen LogP) is 14.3. The van der Waals surface area contributed by atoms with Crippen LogP contribution >= 0.6 is 0 Å². The first-order valence-corrected chi connectivity index (χ1v) is 20.2. The zero-order chi connectivity index (χ0) is 38.6. The smallest absolute Gasteiger partial charge is 0.0795 e. The molecule has 0 N–H and O–H groups in total. The molecule has 4 nitrogen and oxygen atoms in total. The molecule has 274 valence electrons. The monoisotopic (exact) mass is 750 g/mol. The van der Waals surface area contributed by atoms with E-state index in [2.05, 4.69) is 220 Å². The normalized spacial score (nSPS) is 12.1. The highest BCUT2D eigenvalue weighted by Crippen LogP contribution is 2.45. The van der Waals surface area contributed by atoms with Crippen molar-refractivity contribution in [3.8, 4) is 28.3 Å². The predicted molar refractivity (Wildman–Crippen MR) is 248 cm³/mol. The summed E-state index contributed by atoms with van der Waals surface area (Å²) in [6.07, 6.45) is 0. The lowest BCUT2D eigenvalue weighted by Crippen LogP contribution is -1.99. The van der Waals surface area contributed by atoms with E-state index in [-0.39, 0.29) is 0 Å². The molecule has 13 rings (SSSR count). The highest BCUT2D eigenvalue weighted by atomic mass is 15.0. The minimum absolute atomic E-state index is 0.978. The Bertz CT molecular complexity index is 3830. The van der Waals surface area contributed by atoms with E-state index in [9.17, 15) is 0 Å². The molecule has 0 spiro atoms. The summed E-state index contributed by atoms with van der Waals surface area (Å²) < 4.78 is 7.33. The summed E-state index contributed by atoms with van der Waals surface area (Å²) >= 11 is 0. The third kappa shape index (κ3) is 4.51. The lowest BCUT2D eigenvalue weighted by Gasteiger charge is -2.15. The van der Waals surface area contributed by atoms with Crippen LogP contribution in [0.1, 0.15) is 0 Å². The fourth-order valence-electron chi connectivity index (χ4n) is 9.98. The van der Waals surface area contributed by atoms with Crippen molar-refractivity contribution in [3.05, 3.63) is 206 Å². The minimum atomic E-state index is 0.978. The summed E-state index contributed by atoms with van der Waals surface area (Å²) in [5.74, 6) is 0. The highest BCUT2D eigenvalue weighted by molar-refractivity contribution is 6.29. The fraction of sp³-hybridized carbons (Fsp3) is 0. The number of rotatable bonds is 4. The topological polar surface area (TPSA) is 27.7 Å². The molecule has 0 bridgehead atoms. The molecule has 4 aromatic heterocycles. The first-order valence-electron chi connectivity index (χ1n) is 20.2. The molecule has 0 aliphatic rings. The van der Waals surface area contributed by atoms with E-state index in [1.165, 1.54) is 65.3 Å². The molecule has 4 heterocycles. The Morgan fingerprint density at radius 1 is 0.288 bits per heavy atom. The van der Waals surface area contributed by atoms with Crippen molar-refractivity contribution in [1.82, 2.24) is 18.7 Å². The molecule has 0 atom stereocenters. The Hall–Kier alpha value is -7.95. The van der Waals surface area contributed by atoms with Gasteiger partial charge in [-0.05, 0) is 72.1 Å². The average Bonchev–Trinajstić information content (AvgIpc) is 3.95. The number of hydrogen-bond acceptors (Lipinski definition) is 1. The summed E-state index contributed by atoms with van der Waals surface area (Å²) in [4.78, 5) is 5.57. The molecule has 0 saturated carbocycles. The first-order chi connectivity index (χ1) is 29.3. The molecule has 0 unspecified atom stereocenters. The van der Waals surface area contributed by atoms with Gasteiger partial charge in [0.2, 0.25) is 0 Å². The molecular weight excluding hydrogens is 717 g/mol. The van der Waals surface area contributed by atoms with E-state index in [4.69, 9.17) is 4.98 Å². The van der Waals surface area contributed by atoms with Gasteiger partial charge in [0.25, 0.3) is 0 Å². The van der Waals surface area contributed by atoms with Gasteiger partial charge in [-0.3, -0.25) is 0 Å². The van der Waals surface area contributed by atoms with E-state index in [0.29, 0.717) is 0 Å². The second-order valence-electron chi connectivity index (χ2n) is 15.5. The van der Waals surface area contributed by atoms with Crippen LogP contribution in [0.2, 0.25) is 0 Å². The molecule has 0 fully saturated rings. The molecule has 0 aliphatic carbocycles. The van der Waals surface area contributed by atoms with Gasteiger partial charge >= 0.3 is 0 Å². The number of aromatic nitrogens is 4. The van der Waals surface area contributed by atoms with Crippen LogP contribution in [-0.4, -0.2) is 18.7 Å². The maximum Gasteiger partial charge on any atom is 0.0795 e. The fourth-order valence-corrected chi connectivity index (χ4v) is 9.98. The molecule has 59 heavy (non-hydrogen) atoms. The Balaban J connectivity index is 1.16. The summed E-state index contributed by atoms with van der Waals surface area (Å²) in [6.45, 7) is 0. The number of hydrogen-bond donors (Lipinski definition) is 0. The van der Waals surface area contributed by atoms with Crippen molar-refractivity contribution in [1.29, 1.82) is 0 Å². The standard InChI is InChI=1S/C55H34N4/c1-3-17-36(18-4-1)57-49-29-14-10-25-45(49)51-50(57)33-32-42-39-22-7-11-26-46(39)56-53(52(42)51)35-16-15-21-38(34-35)59-48-28-13-9-24-41(48)44-31-30-43-40-23-8-12-27-47(40)58(54(43)55(44)59)37-19-5-2-6-20-37/h1-34H. The Morgan fingerprint density at radius 2 is 0.780 bits per heavy atom. The lowest BCUT2D eigenvalue weighted by atomic mass is 9.95. The minimum Gasteiger partial charge on any atom is -0.309 e. The van der Waals surface area contributed by atoms with Gasteiger partial charge in [-0.1, -0.05) is 140 Å². The van der Waals surface area contributed by atoms with E-state index in [1.807, 2.05) is 0 Å². The number of para-hydroxylation sites is 6. The lowest BCUT2D eigenvalue weighted by molar-refractivity contribution is 1.15. The van der Waals surface area contributed by atoms with Crippen molar-refractivity contribution in [2.75, 3.05) is 0 Å². The third-order valence-corrected chi connectivity index (χ3v) is 12.4. The molecule has 0 aliphatic heterocycles. The summed E-state index contributed by atoms with van der Waals surface area (Å²) in [7, 11) is 0. The summed E-state index contributed by atoms with van der Waals surface area (Å²) in [5, 5.41) is 10.9.